The number of thioether (sulfide) groups is 1. The molecule has 0 aliphatic heterocycles. The molecule has 1 aromatic rings. The van der Waals surface area contributed by atoms with Gasteiger partial charge in [-0.15, -0.1) is 24.4 Å². The predicted octanol–water partition coefficient (Wildman–Crippen LogP) is 4.65. The first-order chi connectivity index (χ1) is 7.34. The Morgan fingerprint density at radius 3 is 2.40 bits per heavy atom. The summed E-state index contributed by atoms with van der Waals surface area (Å²) in [5.41, 5.74) is 0. The summed E-state index contributed by atoms with van der Waals surface area (Å²) >= 11 is 6.29. The summed E-state index contributed by atoms with van der Waals surface area (Å²) in [6.07, 6.45) is 7.23. The molecule has 1 fully saturated rings. The van der Waals surface area contributed by atoms with E-state index in [0.717, 1.165) is 10.8 Å². The quantitative estimate of drug-likeness (QED) is 0.591. The van der Waals surface area contributed by atoms with Crippen molar-refractivity contribution in [1.29, 1.82) is 0 Å². The lowest BCUT2D eigenvalue weighted by molar-refractivity contribution is 0.391. The van der Waals surface area contributed by atoms with Gasteiger partial charge in [-0.3, -0.25) is 0 Å². The molecule has 0 aromatic heterocycles. The molecule has 82 valence electrons. The zero-order valence-corrected chi connectivity index (χ0v) is 10.7. The van der Waals surface area contributed by atoms with Crippen LogP contribution in [-0.2, 0) is 0 Å². The normalized spacial score (nSPS) is 17.9. The standard InChI is InChI=1S/C13H18S2/c14-12-6-8-13(9-7-12)15-10-11-4-2-1-3-5-11/h6-9,11,14H,1-5,10H2. The van der Waals surface area contributed by atoms with Crippen LogP contribution < -0.4 is 0 Å². The third-order valence-corrected chi connectivity index (χ3v) is 4.59. The Kier molecular flexibility index (Phi) is 4.45. The average Bonchev–Trinajstić information content (AvgIpc) is 2.30. The van der Waals surface area contributed by atoms with Gasteiger partial charge in [-0.05, 0) is 43.0 Å². The molecule has 0 amide bonds. The van der Waals surface area contributed by atoms with Gasteiger partial charge in [0.25, 0.3) is 0 Å². The van der Waals surface area contributed by atoms with Gasteiger partial charge < -0.3 is 0 Å². The molecule has 0 bridgehead atoms. The highest BCUT2D eigenvalue weighted by Gasteiger charge is 2.13. The van der Waals surface area contributed by atoms with Crippen molar-refractivity contribution in [3.8, 4) is 0 Å². The lowest BCUT2D eigenvalue weighted by Gasteiger charge is -2.20. The van der Waals surface area contributed by atoms with Gasteiger partial charge >= 0.3 is 0 Å². The number of benzene rings is 1. The summed E-state index contributed by atoms with van der Waals surface area (Å²) in [4.78, 5) is 2.44. The minimum Gasteiger partial charge on any atom is -0.143 e. The molecule has 1 aliphatic carbocycles. The van der Waals surface area contributed by atoms with Crippen LogP contribution in [0.25, 0.3) is 0 Å². The highest BCUT2D eigenvalue weighted by Crippen LogP contribution is 2.30. The molecule has 0 saturated heterocycles. The summed E-state index contributed by atoms with van der Waals surface area (Å²) in [5.74, 6) is 2.26. The molecule has 2 rings (SSSR count). The highest BCUT2D eigenvalue weighted by atomic mass is 32.2. The van der Waals surface area contributed by atoms with E-state index in [4.69, 9.17) is 0 Å². The molecule has 0 nitrogen and oxygen atoms in total. The maximum absolute atomic E-state index is 4.29. The third-order valence-electron chi connectivity index (χ3n) is 3.05. The number of rotatable bonds is 3. The molecule has 0 N–H and O–H groups in total. The van der Waals surface area contributed by atoms with Crippen molar-refractivity contribution in [3.05, 3.63) is 24.3 Å². The first-order valence-electron chi connectivity index (χ1n) is 5.76. The molecular formula is C13H18S2. The van der Waals surface area contributed by atoms with E-state index in [2.05, 4.69) is 36.9 Å². The smallest absolute Gasteiger partial charge is 0.00728 e. The molecule has 1 aromatic carbocycles. The van der Waals surface area contributed by atoms with E-state index < -0.39 is 0 Å². The van der Waals surface area contributed by atoms with Gasteiger partial charge in [0.2, 0.25) is 0 Å². The highest BCUT2D eigenvalue weighted by molar-refractivity contribution is 7.99. The van der Waals surface area contributed by atoms with Crippen molar-refractivity contribution < 1.29 is 0 Å². The fraction of sp³-hybridized carbons (Fsp3) is 0.538. The molecule has 0 heterocycles. The molecule has 0 atom stereocenters. The van der Waals surface area contributed by atoms with Gasteiger partial charge in [-0.1, -0.05) is 19.3 Å². The lowest BCUT2D eigenvalue weighted by Crippen LogP contribution is -2.08. The van der Waals surface area contributed by atoms with Crippen molar-refractivity contribution in [3.63, 3.8) is 0 Å². The molecule has 2 heteroatoms. The maximum atomic E-state index is 4.29. The van der Waals surface area contributed by atoms with Crippen LogP contribution in [0.15, 0.2) is 34.1 Å². The van der Waals surface area contributed by atoms with E-state index in [0.29, 0.717) is 0 Å². The summed E-state index contributed by atoms with van der Waals surface area (Å²) in [7, 11) is 0. The van der Waals surface area contributed by atoms with E-state index >= 15 is 0 Å². The second-order valence-corrected chi connectivity index (χ2v) is 5.92. The zero-order chi connectivity index (χ0) is 10.5. The Morgan fingerprint density at radius 1 is 1.07 bits per heavy atom. The Bertz CT molecular complexity index is 286. The van der Waals surface area contributed by atoms with Crippen LogP contribution in [0.5, 0.6) is 0 Å². The minimum atomic E-state index is 0.958. The summed E-state index contributed by atoms with van der Waals surface area (Å²) in [6.45, 7) is 0. The molecule has 15 heavy (non-hydrogen) atoms. The van der Waals surface area contributed by atoms with Crippen LogP contribution in [0.1, 0.15) is 32.1 Å². The summed E-state index contributed by atoms with van der Waals surface area (Å²) in [5, 5.41) is 0. The van der Waals surface area contributed by atoms with Crippen molar-refractivity contribution in [1.82, 2.24) is 0 Å². The van der Waals surface area contributed by atoms with Crippen LogP contribution in [0.3, 0.4) is 0 Å². The molecule has 1 saturated carbocycles. The van der Waals surface area contributed by atoms with Gasteiger partial charge in [0.05, 0.1) is 0 Å². The van der Waals surface area contributed by atoms with Crippen molar-refractivity contribution in [2.45, 2.75) is 41.9 Å². The van der Waals surface area contributed by atoms with Gasteiger partial charge in [0, 0.05) is 15.5 Å². The largest absolute Gasteiger partial charge is 0.143 e. The zero-order valence-electron chi connectivity index (χ0n) is 8.98. The van der Waals surface area contributed by atoms with E-state index in [-0.39, 0.29) is 0 Å². The fourth-order valence-corrected chi connectivity index (χ4v) is 3.35. The lowest BCUT2D eigenvalue weighted by atomic mass is 9.91. The van der Waals surface area contributed by atoms with Crippen LogP contribution in [-0.4, -0.2) is 5.75 Å². The maximum Gasteiger partial charge on any atom is 0.00728 e. The number of hydrogen-bond donors (Lipinski definition) is 1. The first kappa shape index (κ1) is 11.4. The van der Waals surface area contributed by atoms with Crippen molar-refractivity contribution in [2.24, 2.45) is 5.92 Å². The van der Waals surface area contributed by atoms with Gasteiger partial charge in [-0.25, -0.2) is 0 Å². The van der Waals surface area contributed by atoms with Crippen molar-refractivity contribution in [2.75, 3.05) is 5.75 Å². The Morgan fingerprint density at radius 2 is 1.73 bits per heavy atom. The van der Waals surface area contributed by atoms with Crippen LogP contribution in [0, 0.1) is 5.92 Å². The SMILES string of the molecule is Sc1ccc(SCC2CCCCC2)cc1. The third kappa shape index (κ3) is 3.76. The van der Waals surface area contributed by atoms with Gasteiger partial charge in [0.15, 0.2) is 0 Å². The fourth-order valence-electron chi connectivity index (χ4n) is 2.11. The van der Waals surface area contributed by atoms with Crippen molar-refractivity contribution >= 4 is 24.4 Å². The molecule has 1 aliphatic rings. The molecular weight excluding hydrogens is 220 g/mol. The molecule has 0 spiro atoms. The monoisotopic (exact) mass is 238 g/mol. The van der Waals surface area contributed by atoms with E-state index in [1.54, 1.807) is 0 Å². The molecule has 0 radical (unpaired) electrons. The predicted molar refractivity (Wildman–Crippen MR) is 71.0 cm³/mol. The Hall–Kier alpha value is -0.0800. The van der Waals surface area contributed by atoms with Crippen LogP contribution in [0.2, 0.25) is 0 Å². The summed E-state index contributed by atoms with van der Waals surface area (Å²) in [6, 6.07) is 8.50. The second kappa shape index (κ2) is 5.86. The first-order valence-corrected chi connectivity index (χ1v) is 7.20. The van der Waals surface area contributed by atoms with E-state index in [9.17, 15) is 0 Å². The van der Waals surface area contributed by atoms with Crippen LogP contribution in [0.4, 0.5) is 0 Å². The Balaban J connectivity index is 1.79. The second-order valence-electron chi connectivity index (χ2n) is 4.31. The van der Waals surface area contributed by atoms with Gasteiger partial charge in [0.1, 0.15) is 0 Å². The number of hydrogen-bond acceptors (Lipinski definition) is 2. The summed E-state index contributed by atoms with van der Waals surface area (Å²) < 4.78 is 0. The topological polar surface area (TPSA) is 0 Å². The van der Waals surface area contributed by atoms with E-state index in [1.165, 1.54) is 42.8 Å². The Labute approximate surface area is 102 Å². The number of thiol groups is 1. The van der Waals surface area contributed by atoms with Crippen LogP contribution >= 0.6 is 24.4 Å². The van der Waals surface area contributed by atoms with E-state index in [1.807, 2.05) is 11.8 Å². The van der Waals surface area contributed by atoms with Gasteiger partial charge in [-0.2, -0.15) is 0 Å². The molecule has 0 unspecified atom stereocenters. The average molecular weight is 238 g/mol. The minimum absolute atomic E-state index is 0.958.